The van der Waals surface area contributed by atoms with E-state index in [2.05, 4.69) is 66.0 Å². The minimum Gasteiger partial charge on any atom is -0.131 e. The number of rotatable bonds is 2. The van der Waals surface area contributed by atoms with E-state index in [-0.39, 0.29) is 4.83 Å². The molecular weight excluding hydrogens is 451 g/mol. The monoisotopic (exact) mass is 456 g/mol. The zero-order valence-electron chi connectivity index (χ0n) is 8.81. The standard InChI is InChI=1S/C12H8Br3ClS/c1-6-4-7(2-3-9(6)16)11(14)10-5-8(13)12(15)17-10/h2-5,11H,1H3. The van der Waals surface area contributed by atoms with Gasteiger partial charge in [0.1, 0.15) is 0 Å². The molecule has 0 aliphatic rings. The highest BCUT2D eigenvalue weighted by molar-refractivity contribution is 9.13. The van der Waals surface area contributed by atoms with Crippen LogP contribution in [0.4, 0.5) is 0 Å². The third-order valence-corrected chi connectivity index (χ3v) is 7.46. The van der Waals surface area contributed by atoms with Gasteiger partial charge in [0.15, 0.2) is 0 Å². The fourth-order valence-corrected chi connectivity index (χ4v) is 4.39. The molecule has 2 rings (SSSR count). The molecule has 1 unspecified atom stereocenters. The molecule has 2 aromatic rings. The SMILES string of the molecule is Cc1cc(C(Br)c2cc(Br)c(Br)s2)ccc1Cl. The van der Waals surface area contributed by atoms with Crippen molar-refractivity contribution in [1.29, 1.82) is 0 Å². The van der Waals surface area contributed by atoms with Crippen molar-refractivity contribution in [1.82, 2.24) is 0 Å². The van der Waals surface area contributed by atoms with Gasteiger partial charge in [-0.3, -0.25) is 0 Å². The van der Waals surface area contributed by atoms with Crippen molar-refractivity contribution in [2.45, 2.75) is 11.8 Å². The van der Waals surface area contributed by atoms with Crippen LogP contribution in [-0.2, 0) is 0 Å². The van der Waals surface area contributed by atoms with Gasteiger partial charge in [-0.25, -0.2) is 0 Å². The quantitative estimate of drug-likeness (QED) is 0.438. The molecule has 1 aromatic carbocycles. The first-order chi connectivity index (χ1) is 7.99. The van der Waals surface area contributed by atoms with Crippen molar-refractivity contribution in [3.05, 3.63) is 53.6 Å². The van der Waals surface area contributed by atoms with E-state index in [1.54, 1.807) is 11.3 Å². The lowest BCUT2D eigenvalue weighted by Gasteiger charge is -2.09. The molecular formula is C12H8Br3ClS. The van der Waals surface area contributed by atoms with E-state index in [0.29, 0.717) is 0 Å². The van der Waals surface area contributed by atoms with E-state index >= 15 is 0 Å². The lowest BCUT2D eigenvalue weighted by atomic mass is 10.1. The smallest absolute Gasteiger partial charge is 0.0843 e. The molecule has 0 nitrogen and oxygen atoms in total. The third kappa shape index (κ3) is 3.16. The Kier molecular flexibility index (Phi) is 4.75. The van der Waals surface area contributed by atoms with Crippen LogP contribution in [0.3, 0.4) is 0 Å². The Labute approximate surface area is 135 Å². The van der Waals surface area contributed by atoms with Gasteiger partial charge in [0, 0.05) is 14.4 Å². The van der Waals surface area contributed by atoms with Gasteiger partial charge < -0.3 is 0 Å². The summed E-state index contributed by atoms with van der Waals surface area (Å²) < 4.78 is 2.20. The van der Waals surface area contributed by atoms with Crippen molar-refractivity contribution >= 4 is 70.7 Å². The van der Waals surface area contributed by atoms with Crippen LogP contribution in [0.2, 0.25) is 5.02 Å². The number of hydrogen-bond acceptors (Lipinski definition) is 1. The van der Waals surface area contributed by atoms with Gasteiger partial charge in [-0.2, -0.15) is 0 Å². The van der Waals surface area contributed by atoms with E-state index in [4.69, 9.17) is 11.6 Å². The van der Waals surface area contributed by atoms with Gasteiger partial charge in [-0.05, 0) is 62.0 Å². The van der Waals surface area contributed by atoms with Gasteiger partial charge in [0.05, 0.1) is 8.61 Å². The molecule has 0 aliphatic heterocycles. The van der Waals surface area contributed by atoms with Crippen molar-refractivity contribution in [2.24, 2.45) is 0 Å². The molecule has 0 saturated heterocycles. The van der Waals surface area contributed by atoms with E-state index in [0.717, 1.165) is 18.8 Å². The molecule has 0 fully saturated rings. The summed E-state index contributed by atoms with van der Waals surface area (Å²) in [4.78, 5) is 1.46. The maximum atomic E-state index is 6.03. The Morgan fingerprint density at radius 2 is 1.94 bits per heavy atom. The highest BCUT2D eigenvalue weighted by atomic mass is 79.9. The summed E-state index contributed by atoms with van der Waals surface area (Å²) in [6.45, 7) is 2.02. The van der Waals surface area contributed by atoms with Crippen molar-refractivity contribution < 1.29 is 0 Å². The van der Waals surface area contributed by atoms with E-state index in [1.807, 2.05) is 13.0 Å². The highest BCUT2D eigenvalue weighted by Gasteiger charge is 2.15. The Morgan fingerprint density at radius 1 is 1.24 bits per heavy atom. The second-order valence-corrected chi connectivity index (χ2v) is 8.22. The number of thiophene rings is 1. The average molecular weight is 459 g/mol. The zero-order chi connectivity index (χ0) is 12.6. The zero-order valence-corrected chi connectivity index (χ0v) is 15.1. The van der Waals surface area contributed by atoms with Crippen LogP contribution >= 0.6 is 70.7 Å². The molecule has 0 amide bonds. The van der Waals surface area contributed by atoms with Crippen LogP contribution in [0.5, 0.6) is 0 Å². The van der Waals surface area contributed by atoms with Gasteiger partial charge in [0.2, 0.25) is 0 Å². The van der Waals surface area contributed by atoms with Crippen LogP contribution in [-0.4, -0.2) is 0 Å². The summed E-state index contributed by atoms with van der Waals surface area (Å²) in [7, 11) is 0. The molecule has 1 heterocycles. The predicted octanol–water partition coefficient (Wildman–Crippen LogP) is 6.72. The van der Waals surface area contributed by atoms with Crippen molar-refractivity contribution in [3.63, 3.8) is 0 Å². The third-order valence-electron chi connectivity index (χ3n) is 2.39. The number of alkyl halides is 1. The summed E-state index contributed by atoms with van der Waals surface area (Å²) in [5.74, 6) is 0. The first-order valence-electron chi connectivity index (χ1n) is 4.84. The summed E-state index contributed by atoms with van der Waals surface area (Å²) in [5, 5.41) is 0.807. The Balaban J connectivity index is 2.36. The second-order valence-electron chi connectivity index (χ2n) is 3.64. The van der Waals surface area contributed by atoms with E-state index < -0.39 is 0 Å². The van der Waals surface area contributed by atoms with Crippen molar-refractivity contribution in [3.8, 4) is 0 Å². The topological polar surface area (TPSA) is 0 Å². The highest BCUT2D eigenvalue weighted by Crippen LogP contribution is 2.41. The molecule has 1 aromatic heterocycles. The molecule has 90 valence electrons. The number of hydrogen-bond donors (Lipinski definition) is 0. The molecule has 0 saturated carbocycles. The lowest BCUT2D eigenvalue weighted by molar-refractivity contribution is 1.21. The molecule has 0 spiro atoms. The molecule has 0 aliphatic carbocycles. The van der Waals surface area contributed by atoms with Gasteiger partial charge in [0.25, 0.3) is 0 Å². The minimum absolute atomic E-state index is 0.200. The molecule has 17 heavy (non-hydrogen) atoms. The fraction of sp³-hybridized carbons (Fsp3) is 0.167. The molecule has 1 atom stereocenters. The predicted molar refractivity (Wildman–Crippen MR) is 86.7 cm³/mol. The van der Waals surface area contributed by atoms with E-state index in [1.165, 1.54) is 10.4 Å². The summed E-state index contributed by atoms with van der Waals surface area (Å²) in [5.41, 5.74) is 2.32. The largest absolute Gasteiger partial charge is 0.131 e. The minimum atomic E-state index is 0.200. The Morgan fingerprint density at radius 3 is 2.47 bits per heavy atom. The van der Waals surface area contributed by atoms with Crippen molar-refractivity contribution in [2.75, 3.05) is 0 Å². The number of halogens is 4. The van der Waals surface area contributed by atoms with Crippen LogP contribution < -0.4 is 0 Å². The van der Waals surface area contributed by atoms with Crippen LogP contribution in [0.15, 0.2) is 32.5 Å². The number of benzene rings is 1. The number of aryl methyl sites for hydroxylation is 1. The fourth-order valence-electron chi connectivity index (χ4n) is 1.48. The van der Waals surface area contributed by atoms with Crippen LogP contribution in [0, 0.1) is 6.92 Å². The Bertz CT molecular complexity index is 531. The first kappa shape index (κ1) is 14.1. The second kappa shape index (κ2) is 5.74. The van der Waals surface area contributed by atoms with Gasteiger partial charge in [-0.15, -0.1) is 11.3 Å². The lowest BCUT2D eigenvalue weighted by Crippen LogP contribution is -1.90. The first-order valence-corrected chi connectivity index (χ1v) is 8.53. The van der Waals surface area contributed by atoms with E-state index in [9.17, 15) is 0 Å². The van der Waals surface area contributed by atoms with Gasteiger partial charge in [-0.1, -0.05) is 39.7 Å². The Hall–Kier alpha value is 0.650. The maximum absolute atomic E-state index is 6.03. The van der Waals surface area contributed by atoms with Crippen LogP contribution in [0.25, 0.3) is 0 Å². The molecule has 0 radical (unpaired) electrons. The summed E-state index contributed by atoms with van der Waals surface area (Å²) in [6.07, 6.45) is 0. The molecule has 0 bridgehead atoms. The summed E-state index contributed by atoms with van der Waals surface area (Å²) in [6, 6.07) is 8.23. The molecule has 5 heteroatoms. The maximum Gasteiger partial charge on any atom is 0.0843 e. The molecule has 0 N–H and O–H groups in total. The normalized spacial score (nSPS) is 12.8. The summed E-state index contributed by atoms with van der Waals surface area (Å²) >= 11 is 18.5. The van der Waals surface area contributed by atoms with Crippen LogP contribution in [0.1, 0.15) is 20.8 Å². The average Bonchev–Trinajstić information content (AvgIpc) is 2.62. The van der Waals surface area contributed by atoms with Gasteiger partial charge >= 0.3 is 0 Å².